The first kappa shape index (κ1) is 10.2. The molecule has 80 valence electrons. The predicted molar refractivity (Wildman–Crippen MR) is 56.2 cm³/mol. The van der Waals surface area contributed by atoms with Gasteiger partial charge in [-0.15, -0.1) is 16.7 Å². The summed E-state index contributed by atoms with van der Waals surface area (Å²) in [7, 11) is 0. The fourth-order valence-corrected chi connectivity index (χ4v) is 1.43. The third-order valence-corrected chi connectivity index (χ3v) is 2.41. The van der Waals surface area contributed by atoms with Gasteiger partial charge in [0, 0.05) is 6.20 Å². The number of nitrogens with zero attached hydrogens (tertiary/aromatic N) is 3. The average molecular weight is 228 g/mol. The summed E-state index contributed by atoms with van der Waals surface area (Å²) >= 11 is 5.45. The van der Waals surface area contributed by atoms with Gasteiger partial charge in [-0.25, -0.2) is 9.48 Å². The van der Waals surface area contributed by atoms with Crippen molar-refractivity contribution < 1.29 is 5.11 Å². The van der Waals surface area contributed by atoms with Gasteiger partial charge in [-0.1, -0.05) is 6.07 Å². The maximum Gasteiger partial charge on any atom is 0.350 e. The van der Waals surface area contributed by atoms with Crippen molar-refractivity contribution in [2.75, 3.05) is 5.88 Å². The minimum Gasteiger partial charge on any atom is -0.390 e. The van der Waals surface area contributed by atoms with E-state index in [2.05, 4.69) is 5.10 Å². The number of hydrogen-bond donors (Lipinski definition) is 1. The first-order chi connectivity index (χ1) is 7.22. The number of hydrogen-bond acceptors (Lipinski definition) is 3. The number of pyridine rings is 1. The Morgan fingerprint density at radius 3 is 3.00 bits per heavy atom. The fourth-order valence-electron chi connectivity index (χ4n) is 1.34. The number of aromatic nitrogens is 3. The molecule has 0 aliphatic heterocycles. The quantitative estimate of drug-likeness (QED) is 0.757. The highest BCUT2D eigenvalue weighted by Crippen LogP contribution is 1.96. The van der Waals surface area contributed by atoms with Crippen LogP contribution in [0.25, 0.3) is 5.65 Å². The molecule has 1 N–H and O–H groups in total. The lowest BCUT2D eigenvalue weighted by Crippen LogP contribution is -2.28. The molecule has 0 aromatic carbocycles. The highest BCUT2D eigenvalue weighted by atomic mass is 35.5. The zero-order valence-electron chi connectivity index (χ0n) is 7.88. The van der Waals surface area contributed by atoms with E-state index in [4.69, 9.17) is 11.6 Å². The van der Waals surface area contributed by atoms with Crippen LogP contribution in [-0.2, 0) is 6.54 Å². The van der Waals surface area contributed by atoms with Crippen molar-refractivity contribution in [1.82, 2.24) is 14.2 Å². The lowest BCUT2D eigenvalue weighted by molar-refractivity contribution is 0.170. The summed E-state index contributed by atoms with van der Waals surface area (Å²) in [6.07, 6.45) is 0.878. The van der Waals surface area contributed by atoms with E-state index in [0.717, 1.165) is 0 Å². The van der Waals surface area contributed by atoms with Gasteiger partial charge in [0.25, 0.3) is 0 Å². The van der Waals surface area contributed by atoms with Crippen molar-refractivity contribution in [3.63, 3.8) is 0 Å². The van der Waals surface area contributed by atoms with Crippen molar-refractivity contribution in [2.45, 2.75) is 12.6 Å². The van der Waals surface area contributed by atoms with Gasteiger partial charge < -0.3 is 5.11 Å². The molecule has 5 nitrogen and oxygen atoms in total. The first-order valence-corrected chi connectivity index (χ1v) is 5.04. The van der Waals surface area contributed by atoms with Crippen LogP contribution in [0.1, 0.15) is 0 Å². The second-order valence-corrected chi connectivity index (χ2v) is 3.51. The van der Waals surface area contributed by atoms with Gasteiger partial charge in [0.1, 0.15) is 0 Å². The molecule has 0 aliphatic rings. The Morgan fingerprint density at radius 1 is 1.53 bits per heavy atom. The molecule has 6 heteroatoms. The Hall–Kier alpha value is -1.33. The molecule has 1 unspecified atom stereocenters. The van der Waals surface area contributed by atoms with E-state index in [0.29, 0.717) is 5.65 Å². The van der Waals surface area contributed by atoms with Gasteiger partial charge in [-0.05, 0) is 12.1 Å². The topological polar surface area (TPSA) is 59.5 Å². The van der Waals surface area contributed by atoms with Gasteiger partial charge in [0.2, 0.25) is 0 Å². The van der Waals surface area contributed by atoms with Crippen LogP contribution in [0, 0.1) is 0 Å². The lowest BCUT2D eigenvalue weighted by atomic mass is 10.4. The normalized spacial score (nSPS) is 13.2. The van der Waals surface area contributed by atoms with Crippen LogP contribution >= 0.6 is 11.6 Å². The van der Waals surface area contributed by atoms with Crippen LogP contribution < -0.4 is 5.69 Å². The SMILES string of the molecule is O=c1n(CC(O)CCl)nc2ccccn12. The molecule has 0 amide bonds. The molecule has 0 saturated carbocycles. The van der Waals surface area contributed by atoms with Crippen LogP contribution in [0.4, 0.5) is 0 Å². The molecule has 2 rings (SSSR count). The van der Waals surface area contributed by atoms with Crippen molar-refractivity contribution in [3.8, 4) is 0 Å². The van der Waals surface area contributed by atoms with Crippen LogP contribution in [-0.4, -0.2) is 31.3 Å². The molecule has 0 spiro atoms. The van der Waals surface area contributed by atoms with Crippen LogP contribution in [0.15, 0.2) is 29.2 Å². The zero-order chi connectivity index (χ0) is 10.8. The second kappa shape index (κ2) is 4.04. The molecule has 0 bridgehead atoms. The van der Waals surface area contributed by atoms with E-state index in [1.165, 1.54) is 9.08 Å². The van der Waals surface area contributed by atoms with Gasteiger partial charge in [-0.2, -0.15) is 0 Å². The number of fused-ring (bicyclic) bond motifs is 1. The third-order valence-electron chi connectivity index (χ3n) is 2.05. The van der Waals surface area contributed by atoms with Gasteiger partial charge in [-0.3, -0.25) is 4.40 Å². The third kappa shape index (κ3) is 1.88. The van der Waals surface area contributed by atoms with E-state index in [1.54, 1.807) is 24.4 Å². The summed E-state index contributed by atoms with van der Waals surface area (Å²) in [6.45, 7) is 0.115. The standard InChI is InChI=1S/C9H10ClN3O2/c10-5-7(14)6-13-9(15)12-4-2-1-3-8(12)11-13/h1-4,7,14H,5-6H2. The maximum absolute atomic E-state index is 11.7. The minimum atomic E-state index is -0.755. The Balaban J connectivity index is 2.45. The van der Waals surface area contributed by atoms with Gasteiger partial charge in [0.15, 0.2) is 5.65 Å². The summed E-state index contributed by atoms with van der Waals surface area (Å²) in [5.41, 5.74) is 0.291. The molecule has 1 atom stereocenters. The smallest absolute Gasteiger partial charge is 0.350 e. The fraction of sp³-hybridized carbons (Fsp3) is 0.333. The summed E-state index contributed by atoms with van der Waals surface area (Å²) in [6, 6.07) is 5.27. The molecule has 2 aromatic heterocycles. The number of halogens is 1. The molecule has 0 aliphatic carbocycles. The van der Waals surface area contributed by atoms with Gasteiger partial charge >= 0.3 is 5.69 Å². The van der Waals surface area contributed by atoms with E-state index in [-0.39, 0.29) is 18.1 Å². The molecular weight excluding hydrogens is 218 g/mol. The van der Waals surface area contributed by atoms with Crippen molar-refractivity contribution in [3.05, 3.63) is 34.9 Å². The molecule has 15 heavy (non-hydrogen) atoms. The van der Waals surface area contributed by atoms with Crippen LogP contribution in [0.2, 0.25) is 0 Å². The largest absolute Gasteiger partial charge is 0.390 e. The van der Waals surface area contributed by atoms with E-state index < -0.39 is 6.10 Å². The molecular formula is C9H10ClN3O2. The average Bonchev–Trinajstić information content (AvgIpc) is 2.57. The van der Waals surface area contributed by atoms with E-state index >= 15 is 0 Å². The summed E-state index contributed by atoms with van der Waals surface area (Å²) in [4.78, 5) is 11.7. The number of alkyl halides is 1. The second-order valence-electron chi connectivity index (χ2n) is 3.20. The highest BCUT2D eigenvalue weighted by Gasteiger charge is 2.09. The number of rotatable bonds is 3. The maximum atomic E-state index is 11.7. The number of aliphatic hydroxyl groups excluding tert-OH is 1. The van der Waals surface area contributed by atoms with Crippen molar-refractivity contribution >= 4 is 17.2 Å². The molecule has 0 fully saturated rings. The minimum absolute atomic E-state index is 0.0836. The molecule has 2 heterocycles. The molecule has 0 saturated heterocycles. The predicted octanol–water partition coefficient (Wildman–Crippen LogP) is 0.0957. The van der Waals surface area contributed by atoms with Gasteiger partial charge in [0.05, 0.1) is 18.5 Å². The van der Waals surface area contributed by atoms with Crippen LogP contribution in [0.3, 0.4) is 0 Å². The van der Waals surface area contributed by atoms with Crippen molar-refractivity contribution in [2.24, 2.45) is 0 Å². The van der Waals surface area contributed by atoms with Crippen LogP contribution in [0.5, 0.6) is 0 Å². The molecule has 2 aromatic rings. The first-order valence-electron chi connectivity index (χ1n) is 4.50. The molecule has 0 radical (unpaired) electrons. The van der Waals surface area contributed by atoms with Crippen molar-refractivity contribution in [1.29, 1.82) is 0 Å². The Morgan fingerprint density at radius 2 is 2.33 bits per heavy atom. The zero-order valence-corrected chi connectivity index (χ0v) is 8.63. The highest BCUT2D eigenvalue weighted by molar-refractivity contribution is 6.18. The monoisotopic (exact) mass is 227 g/mol. The Bertz CT molecular complexity index is 519. The summed E-state index contributed by atoms with van der Waals surface area (Å²) in [5.74, 6) is 0.0836. The summed E-state index contributed by atoms with van der Waals surface area (Å²) < 4.78 is 2.63. The van der Waals surface area contributed by atoms with E-state index in [1.807, 2.05) is 0 Å². The Kier molecular flexibility index (Phi) is 2.75. The number of aliphatic hydroxyl groups is 1. The Labute approximate surface area is 90.5 Å². The lowest BCUT2D eigenvalue weighted by Gasteiger charge is -2.03. The van der Waals surface area contributed by atoms with E-state index in [9.17, 15) is 9.90 Å². The summed E-state index contributed by atoms with van der Waals surface area (Å²) in [5, 5.41) is 13.4.